The van der Waals surface area contributed by atoms with Gasteiger partial charge in [0.2, 0.25) is 0 Å². The van der Waals surface area contributed by atoms with Gasteiger partial charge in [-0.1, -0.05) is 156 Å². The summed E-state index contributed by atoms with van der Waals surface area (Å²) in [4.78, 5) is 0. The molecular weight excluding hydrogens is 578 g/mol. The van der Waals surface area contributed by atoms with Crippen LogP contribution in [0.25, 0.3) is 0 Å². The molecule has 0 spiro atoms. The van der Waals surface area contributed by atoms with Crippen LogP contribution in [0.5, 0.6) is 0 Å². The highest BCUT2D eigenvalue weighted by molar-refractivity contribution is 4.60. The van der Waals surface area contributed by atoms with Crippen molar-refractivity contribution in [1.82, 2.24) is 0 Å². The van der Waals surface area contributed by atoms with E-state index in [0.717, 1.165) is 12.8 Å². The van der Waals surface area contributed by atoms with E-state index < -0.39 is 5.97 Å². The molecule has 0 fully saturated rings. The van der Waals surface area contributed by atoms with Gasteiger partial charge in [0.1, 0.15) is 0 Å². The fraction of sp³-hybridized carbons (Fsp3) is 1.00. The first kappa shape index (κ1) is 46.8. The maximum Gasteiger partial charge on any atom is 0.282 e. The van der Waals surface area contributed by atoms with E-state index in [1.165, 1.54) is 204 Å². The number of hydrogen-bond acceptors (Lipinski definition) is 3. The fourth-order valence-electron chi connectivity index (χ4n) is 7.82. The summed E-state index contributed by atoms with van der Waals surface area (Å²) in [5.41, 5.74) is 0. The van der Waals surface area contributed by atoms with Crippen LogP contribution in [0.15, 0.2) is 0 Å². The molecule has 4 nitrogen and oxygen atoms in total. The van der Waals surface area contributed by atoms with Gasteiger partial charge in [-0.3, -0.25) is 0 Å². The summed E-state index contributed by atoms with van der Waals surface area (Å²) >= 11 is 0. The molecule has 0 amide bonds. The lowest BCUT2D eigenvalue weighted by atomic mass is 10.0. The minimum atomic E-state index is -0.825. The van der Waals surface area contributed by atoms with E-state index in [4.69, 9.17) is 14.2 Å². The van der Waals surface area contributed by atoms with E-state index in [1.807, 2.05) is 20.8 Å². The summed E-state index contributed by atoms with van der Waals surface area (Å²) in [6.45, 7) is 20.7. The smallest absolute Gasteiger partial charge is 0.282 e. The zero-order valence-corrected chi connectivity index (χ0v) is 33.6. The molecule has 284 valence electrons. The van der Waals surface area contributed by atoms with Crippen LogP contribution in [0.3, 0.4) is 0 Å². The van der Waals surface area contributed by atoms with Crippen molar-refractivity contribution in [1.29, 1.82) is 0 Å². The summed E-state index contributed by atoms with van der Waals surface area (Å²) in [7, 11) is 0. The Bertz CT molecular complexity index is 575. The standard InChI is InChI=1S/C43H90NO3/c1-7-13-14-15-16-17-18-19-20-21-22-24-27-30-33-36-41-44(39-8-2,40-9-3)42-37-34-31-28-25-23-26-29-32-35-38-43(45-10-4,46-11-5)47-12-6/h7-42H2,1-6H3/q+1. The number of rotatable bonds is 40. The molecule has 0 aromatic carbocycles. The van der Waals surface area contributed by atoms with Crippen molar-refractivity contribution in [3.63, 3.8) is 0 Å². The summed E-state index contributed by atoms with van der Waals surface area (Å²) in [5.74, 6) is -0.825. The Hall–Kier alpha value is -0.160. The van der Waals surface area contributed by atoms with Gasteiger partial charge in [-0.15, -0.1) is 0 Å². The summed E-state index contributed by atoms with van der Waals surface area (Å²) in [5, 5.41) is 0. The van der Waals surface area contributed by atoms with E-state index >= 15 is 0 Å². The van der Waals surface area contributed by atoms with Crippen LogP contribution in [0.2, 0.25) is 0 Å². The van der Waals surface area contributed by atoms with Gasteiger partial charge in [0, 0.05) is 26.2 Å². The first-order valence-corrected chi connectivity index (χ1v) is 21.8. The highest BCUT2D eigenvalue weighted by Crippen LogP contribution is 2.24. The van der Waals surface area contributed by atoms with Crippen LogP contribution >= 0.6 is 0 Å². The first-order valence-electron chi connectivity index (χ1n) is 21.8. The van der Waals surface area contributed by atoms with E-state index in [9.17, 15) is 0 Å². The lowest BCUT2D eigenvalue weighted by Gasteiger charge is -2.39. The van der Waals surface area contributed by atoms with Gasteiger partial charge in [-0.05, 0) is 65.7 Å². The Morgan fingerprint density at radius 2 is 0.574 bits per heavy atom. The summed E-state index contributed by atoms with van der Waals surface area (Å²) < 4.78 is 19.0. The topological polar surface area (TPSA) is 27.7 Å². The normalized spacial score (nSPS) is 12.4. The molecule has 0 atom stereocenters. The van der Waals surface area contributed by atoms with Crippen molar-refractivity contribution >= 4 is 0 Å². The number of nitrogens with zero attached hydrogens (tertiary/aromatic N) is 1. The van der Waals surface area contributed by atoms with Crippen molar-refractivity contribution in [2.75, 3.05) is 46.0 Å². The molecule has 0 aliphatic rings. The lowest BCUT2D eigenvalue weighted by Crippen LogP contribution is -2.50. The van der Waals surface area contributed by atoms with Crippen LogP contribution in [0.4, 0.5) is 0 Å². The van der Waals surface area contributed by atoms with E-state index in [2.05, 4.69) is 20.8 Å². The molecule has 0 unspecified atom stereocenters. The second-order valence-corrected chi connectivity index (χ2v) is 14.8. The van der Waals surface area contributed by atoms with Crippen LogP contribution in [-0.4, -0.2) is 56.5 Å². The van der Waals surface area contributed by atoms with Crippen molar-refractivity contribution in [2.45, 2.75) is 234 Å². The first-order chi connectivity index (χ1) is 23.1. The Kier molecular flexibility index (Phi) is 35.5. The molecule has 0 saturated heterocycles. The van der Waals surface area contributed by atoms with Gasteiger partial charge in [0.15, 0.2) is 0 Å². The average molecular weight is 669 g/mol. The lowest BCUT2D eigenvalue weighted by molar-refractivity contribution is -0.928. The van der Waals surface area contributed by atoms with Gasteiger partial charge >= 0.3 is 0 Å². The minimum absolute atomic E-state index is 0.622. The number of unbranched alkanes of at least 4 members (excludes halogenated alkanes) is 24. The van der Waals surface area contributed by atoms with Gasteiger partial charge < -0.3 is 18.7 Å². The Balaban J connectivity index is 3.92. The highest BCUT2D eigenvalue weighted by atomic mass is 16.9. The molecule has 0 aliphatic carbocycles. The maximum atomic E-state index is 5.87. The van der Waals surface area contributed by atoms with Crippen LogP contribution in [0, 0.1) is 0 Å². The molecule has 0 radical (unpaired) electrons. The van der Waals surface area contributed by atoms with Crippen LogP contribution < -0.4 is 0 Å². The number of hydrogen-bond donors (Lipinski definition) is 0. The Morgan fingerprint density at radius 1 is 0.298 bits per heavy atom. The van der Waals surface area contributed by atoms with Gasteiger partial charge in [-0.2, -0.15) is 0 Å². The minimum Gasteiger partial charge on any atom is -0.328 e. The zero-order valence-electron chi connectivity index (χ0n) is 33.6. The van der Waals surface area contributed by atoms with Crippen molar-refractivity contribution < 1.29 is 18.7 Å². The monoisotopic (exact) mass is 669 g/mol. The van der Waals surface area contributed by atoms with Crippen LogP contribution in [-0.2, 0) is 14.2 Å². The maximum absolute atomic E-state index is 5.87. The third-order valence-electron chi connectivity index (χ3n) is 10.3. The van der Waals surface area contributed by atoms with Crippen molar-refractivity contribution in [2.24, 2.45) is 0 Å². The molecular formula is C43H90NO3+. The summed E-state index contributed by atoms with van der Waals surface area (Å²) in [6.07, 6.45) is 40.4. The molecule has 0 heterocycles. The molecule has 0 saturated carbocycles. The SMILES string of the molecule is CCCCCCCCCCCCCCCCCC[N+](CCC)(CCC)CCCCCCCCCCCCC(OCC)(OCC)OCC. The predicted molar refractivity (Wildman–Crippen MR) is 208 cm³/mol. The molecule has 0 N–H and O–H groups in total. The number of quaternary nitrogens is 1. The molecule has 0 rings (SSSR count). The van der Waals surface area contributed by atoms with Gasteiger partial charge in [0.25, 0.3) is 5.97 Å². The zero-order chi connectivity index (χ0) is 34.6. The quantitative estimate of drug-likeness (QED) is 0.0369. The van der Waals surface area contributed by atoms with Crippen molar-refractivity contribution in [3.8, 4) is 0 Å². The highest BCUT2D eigenvalue weighted by Gasteiger charge is 2.31. The molecule has 4 heteroatoms. The van der Waals surface area contributed by atoms with Gasteiger partial charge in [-0.25, -0.2) is 0 Å². The van der Waals surface area contributed by atoms with E-state index in [1.54, 1.807) is 0 Å². The predicted octanol–water partition coefficient (Wildman–Crippen LogP) is 13.9. The van der Waals surface area contributed by atoms with E-state index in [-0.39, 0.29) is 0 Å². The molecule has 0 aromatic rings. The largest absolute Gasteiger partial charge is 0.328 e. The summed E-state index contributed by atoms with van der Waals surface area (Å²) in [6, 6.07) is 0. The second-order valence-electron chi connectivity index (χ2n) is 14.8. The molecule has 0 bridgehead atoms. The Morgan fingerprint density at radius 3 is 0.851 bits per heavy atom. The van der Waals surface area contributed by atoms with Crippen LogP contribution in [0.1, 0.15) is 228 Å². The molecule has 0 aliphatic heterocycles. The Labute approximate surface area is 297 Å². The fourth-order valence-corrected chi connectivity index (χ4v) is 7.82. The average Bonchev–Trinajstić information content (AvgIpc) is 3.05. The third kappa shape index (κ3) is 28.3. The third-order valence-corrected chi connectivity index (χ3v) is 10.3. The molecule has 47 heavy (non-hydrogen) atoms. The van der Waals surface area contributed by atoms with Gasteiger partial charge in [0.05, 0.1) is 26.2 Å². The van der Waals surface area contributed by atoms with Crippen molar-refractivity contribution in [3.05, 3.63) is 0 Å². The molecule has 0 aromatic heterocycles. The second kappa shape index (κ2) is 35.7. The van der Waals surface area contributed by atoms with E-state index in [0.29, 0.717) is 19.8 Å². The number of ether oxygens (including phenoxy) is 3.